The fraction of sp³-hybridized carbons (Fsp3) is 0.250. The lowest BCUT2D eigenvalue weighted by Crippen LogP contribution is -2.43. The van der Waals surface area contributed by atoms with Crippen LogP contribution in [0.25, 0.3) is 0 Å². The second-order valence-corrected chi connectivity index (χ2v) is 4.91. The van der Waals surface area contributed by atoms with Gasteiger partial charge in [-0.05, 0) is 29.8 Å². The van der Waals surface area contributed by atoms with Crippen LogP contribution in [0.2, 0.25) is 0 Å². The Morgan fingerprint density at radius 1 is 1.25 bits per heavy atom. The second kappa shape index (κ2) is 9.71. The van der Waals surface area contributed by atoms with E-state index in [-0.39, 0.29) is 36.6 Å². The Morgan fingerprint density at radius 2 is 1.96 bits per heavy atom. The number of nitrogens with two attached hydrogens (primary N) is 1. The Hall–Kier alpha value is -2.35. The summed E-state index contributed by atoms with van der Waals surface area (Å²) >= 11 is 0. The van der Waals surface area contributed by atoms with Gasteiger partial charge in [0, 0.05) is 19.3 Å². The molecular formula is C16H20ClN3O4. The third kappa shape index (κ3) is 5.69. The van der Waals surface area contributed by atoms with E-state index in [0.717, 1.165) is 5.56 Å². The third-order valence-corrected chi connectivity index (χ3v) is 3.11. The molecule has 0 aliphatic rings. The molecule has 0 fully saturated rings. The maximum Gasteiger partial charge on any atom is 0.291 e. The highest BCUT2D eigenvalue weighted by Crippen LogP contribution is 2.11. The molecule has 0 aliphatic carbocycles. The fourth-order valence-electron chi connectivity index (χ4n) is 1.88. The van der Waals surface area contributed by atoms with Crippen molar-refractivity contribution in [2.24, 2.45) is 5.73 Å². The molecule has 8 heteroatoms. The van der Waals surface area contributed by atoms with Crippen molar-refractivity contribution < 1.29 is 18.7 Å². The molecule has 2 aromatic rings. The standard InChI is InChI=1S/C16H19N3O4.ClH/c1-22-10-13(17)15(20)18-9-11-4-6-12(7-5-11)19-16(21)14-3-2-8-23-14;/h2-8,13H,9-10,17H2,1H3,(H,18,20)(H,19,21);1H. The van der Waals surface area contributed by atoms with Crippen molar-refractivity contribution >= 4 is 29.9 Å². The Labute approximate surface area is 146 Å². The number of nitrogens with one attached hydrogen (secondary N) is 2. The number of benzene rings is 1. The number of halogens is 1. The van der Waals surface area contributed by atoms with Crippen molar-refractivity contribution in [3.8, 4) is 0 Å². The number of rotatable bonds is 7. The van der Waals surface area contributed by atoms with Gasteiger partial charge in [-0.3, -0.25) is 9.59 Å². The Morgan fingerprint density at radius 3 is 2.54 bits per heavy atom. The molecule has 24 heavy (non-hydrogen) atoms. The minimum absolute atomic E-state index is 0. The van der Waals surface area contributed by atoms with Crippen molar-refractivity contribution in [3.63, 3.8) is 0 Å². The van der Waals surface area contributed by atoms with Gasteiger partial charge in [0.1, 0.15) is 6.04 Å². The van der Waals surface area contributed by atoms with Crippen LogP contribution >= 0.6 is 12.4 Å². The van der Waals surface area contributed by atoms with Crippen molar-refractivity contribution in [3.05, 3.63) is 54.0 Å². The van der Waals surface area contributed by atoms with Gasteiger partial charge >= 0.3 is 0 Å². The van der Waals surface area contributed by atoms with Crippen molar-refractivity contribution in [2.75, 3.05) is 19.0 Å². The van der Waals surface area contributed by atoms with Crippen LogP contribution in [-0.2, 0) is 16.1 Å². The normalized spacial score (nSPS) is 11.2. The first-order valence-corrected chi connectivity index (χ1v) is 7.06. The molecule has 0 aliphatic heterocycles. The van der Waals surface area contributed by atoms with E-state index in [2.05, 4.69) is 10.6 Å². The molecule has 7 nitrogen and oxygen atoms in total. The smallest absolute Gasteiger partial charge is 0.291 e. The number of hydrogen-bond acceptors (Lipinski definition) is 5. The van der Waals surface area contributed by atoms with Crippen LogP contribution in [0.5, 0.6) is 0 Å². The average molecular weight is 354 g/mol. The highest BCUT2D eigenvalue weighted by Gasteiger charge is 2.12. The lowest BCUT2D eigenvalue weighted by atomic mass is 10.2. The van der Waals surface area contributed by atoms with E-state index in [9.17, 15) is 9.59 Å². The summed E-state index contributed by atoms with van der Waals surface area (Å²) in [5.74, 6) is -0.350. The Bertz CT molecular complexity index is 644. The number of amides is 2. The summed E-state index contributed by atoms with van der Waals surface area (Å²) in [4.78, 5) is 23.5. The van der Waals surface area contributed by atoms with Crippen molar-refractivity contribution in [2.45, 2.75) is 12.6 Å². The number of carbonyl (C=O) groups is 2. The zero-order valence-electron chi connectivity index (χ0n) is 13.2. The number of hydrogen-bond donors (Lipinski definition) is 3. The fourth-order valence-corrected chi connectivity index (χ4v) is 1.88. The van der Waals surface area contributed by atoms with E-state index in [1.807, 2.05) is 0 Å². The van der Waals surface area contributed by atoms with Crippen LogP contribution in [0.1, 0.15) is 16.1 Å². The van der Waals surface area contributed by atoms with Crippen molar-refractivity contribution in [1.82, 2.24) is 5.32 Å². The SMILES string of the molecule is COCC(N)C(=O)NCc1ccc(NC(=O)c2ccco2)cc1.Cl. The van der Waals surface area contributed by atoms with Gasteiger partial charge in [-0.25, -0.2) is 0 Å². The predicted molar refractivity (Wildman–Crippen MR) is 92.0 cm³/mol. The lowest BCUT2D eigenvalue weighted by Gasteiger charge is -2.11. The molecule has 4 N–H and O–H groups in total. The molecular weight excluding hydrogens is 334 g/mol. The summed E-state index contributed by atoms with van der Waals surface area (Å²) in [7, 11) is 1.49. The lowest BCUT2D eigenvalue weighted by molar-refractivity contribution is -0.123. The molecule has 1 aromatic heterocycles. The molecule has 0 spiro atoms. The van der Waals surface area contributed by atoms with Gasteiger partial charge in [0.05, 0.1) is 12.9 Å². The summed E-state index contributed by atoms with van der Waals surface area (Å²) in [5.41, 5.74) is 7.15. The summed E-state index contributed by atoms with van der Waals surface area (Å²) in [6, 6.07) is 9.65. The maximum absolute atomic E-state index is 11.8. The van der Waals surface area contributed by atoms with E-state index in [1.54, 1.807) is 36.4 Å². The quantitative estimate of drug-likeness (QED) is 0.700. The number of furan rings is 1. The van der Waals surface area contributed by atoms with Gasteiger partial charge in [-0.2, -0.15) is 0 Å². The zero-order chi connectivity index (χ0) is 16.7. The topological polar surface area (TPSA) is 107 Å². The molecule has 130 valence electrons. The Kier molecular flexibility index (Phi) is 7.97. The predicted octanol–water partition coefficient (Wildman–Crippen LogP) is 1.54. The number of methoxy groups -OCH3 is 1. The minimum atomic E-state index is -0.688. The molecule has 0 saturated heterocycles. The van der Waals surface area contributed by atoms with Crippen LogP contribution < -0.4 is 16.4 Å². The number of anilines is 1. The summed E-state index contributed by atoms with van der Waals surface area (Å²) in [6.07, 6.45) is 1.44. The van der Waals surface area contributed by atoms with Crippen LogP contribution in [0, 0.1) is 0 Å². The monoisotopic (exact) mass is 353 g/mol. The molecule has 2 amide bonds. The average Bonchev–Trinajstić information content (AvgIpc) is 3.08. The van der Waals surface area contributed by atoms with Gasteiger partial charge in [-0.15, -0.1) is 12.4 Å². The minimum Gasteiger partial charge on any atom is -0.459 e. The van der Waals surface area contributed by atoms with Gasteiger partial charge in [0.2, 0.25) is 5.91 Å². The Balaban J connectivity index is 0.00000288. The first kappa shape index (κ1) is 19.7. The number of carbonyl (C=O) groups excluding carboxylic acids is 2. The molecule has 1 heterocycles. The molecule has 1 atom stereocenters. The molecule has 0 saturated carbocycles. The van der Waals surface area contributed by atoms with Crippen LogP contribution in [-0.4, -0.2) is 31.6 Å². The highest BCUT2D eigenvalue weighted by atomic mass is 35.5. The van der Waals surface area contributed by atoms with Gasteiger partial charge in [-0.1, -0.05) is 12.1 Å². The van der Waals surface area contributed by atoms with E-state index >= 15 is 0 Å². The van der Waals surface area contributed by atoms with E-state index in [0.29, 0.717) is 12.2 Å². The summed E-state index contributed by atoms with van der Waals surface area (Å²) < 4.78 is 9.84. The van der Waals surface area contributed by atoms with E-state index in [4.69, 9.17) is 14.9 Å². The largest absolute Gasteiger partial charge is 0.459 e. The second-order valence-electron chi connectivity index (χ2n) is 4.91. The summed E-state index contributed by atoms with van der Waals surface area (Å²) in [5, 5.41) is 5.43. The van der Waals surface area contributed by atoms with E-state index in [1.165, 1.54) is 13.4 Å². The molecule has 1 unspecified atom stereocenters. The first-order chi connectivity index (χ1) is 11.1. The van der Waals surface area contributed by atoms with Crippen LogP contribution in [0.15, 0.2) is 47.1 Å². The van der Waals surface area contributed by atoms with Crippen LogP contribution in [0.4, 0.5) is 5.69 Å². The van der Waals surface area contributed by atoms with Gasteiger partial charge < -0.3 is 25.5 Å². The number of ether oxygens (including phenoxy) is 1. The summed E-state index contributed by atoms with van der Waals surface area (Å²) in [6.45, 7) is 0.520. The maximum atomic E-state index is 11.8. The molecule has 1 aromatic carbocycles. The first-order valence-electron chi connectivity index (χ1n) is 7.06. The van der Waals surface area contributed by atoms with Crippen molar-refractivity contribution in [1.29, 1.82) is 0 Å². The van der Waals surface area contributed by atoms with Gasteiger partial charge in [0.25, 0.3) is 5.91 Å². The van der Waals surface area contributed by atoms with E-state index < -0.39 is 6.04 Å². The van der Waals surface area contributed by atoms with Gasteiger partial charge in [0.15, 0.2) is 5.76 Å². The molecule has 0 radical (unpaired) electrons. The van der Waals surface area contributed by atoms with Crippen LogP contribution in [0.3, 0.4) is 0 Å². The molecule has 2 rings (SSSR count). The third-order valence-electron chi connectivity index (χ3n) is 3.11. The highest BCUT2D eigenvalue weighted by molar-refractivity contribution is 6.02. The molecule has 0 bridgehead atoms. The zero-order valence-corrected chi connectivity index (χ0v) is 14.0.